The molecule has 0 aromatic rings. The molecular weight excluding hydrogens is 309 g/mol. The van der Waals surface area contributed by atoms with Crippen molar-refractivity contribution in [2.45, 2.75) is 30.9 Å². The summed E-state index contributed by atoms with van der Waals surface area (Å²) >= 11 is 0. The first-order valence-corrected chi connectivity index (χ1v) is 6.83. The molecule has 1 saturated carbocycles. The summed E-state index contributed by atoms with van der Waals surface area (Å²) in [5.41, 5.74) is -5.71. The van der Waals surface area contributed by atoms with Gasteiger partial charge in [-0.2, -0.15) is 25.8 Å². The topological polar surface area (TPSA) is 88.1 Å². The van der Waals surface area contributed by atoms with Crippen molar-refractivity contribution < 1.29 is 44.8 Å². The second-order valence-corrected chi connectivity index (χ2v) is 5.48. The quantitative estimate of drug-likeness (QED) is 0.313. The standard InChI is InChI=1S/C9H13F3O7S/c1-16-9(17-2,18-7(13)6-4-3-5-6)19-20(14,15)8(10,11)12/h6H,3-5H2,1-2H3. The molecule has 0 unspecified atom stereocenters. The average Bonchev–Trinajstić information content (AvgIpc) is 2.23. The number of hydrogen-bond acceptors (Lipinski definition) is 7. The Morgan fingerprint density at radius 1 is 1.15 bits per heavy atom. The van der Waals surface area contributed by atoms with E-state index >= 15 is 0 Å². The fourth-order valence-electron chi connectivity index (χ4n) is 1.28. The number of alkyl halides is 3. The van der Waals surface area contributed by atoms with Gasteiger partial charge in [0, 0.05) is 14.2 Å². The van der Waals surface area contributed by atoms with Gasteiger partial charge in [0.15, 0.2) is 0 Å². The Kier molecular flexibility index (Phi) is 5.00. The lowest BCUT2D eigenvalue weighted by molar-refractivity contribution is -0.439. The summed E-state index contributed by atoms with van der Waals surface area (Å²) in [6, 6.07) is 0. The van der Waals surface area contributed by atoms with E-state index in [0.29, 0.717) is 12.8 Å². The van der Waals surface area contributed by atoms with Crippen molar-refractivity contribution in [3.05, 3.63) is 0 Å². The maximum atomic E-state index is 12.2. The molecule has 0 heterocycles. The summed E-state index contributed by atoms with van der Waals surface area (Å²) < 4.78 is 75.5. The minimum Gasteiger partial charge on any atom is -0.383 e. The Labute approximate surface area is 113 Å². The minimum absolute atomic E-state index is 0.481. The lowest BCUT2D eigenvalue weighted by Gasteiger charge is -2.31. The zero-order chi connectivity index (χ0) is 15.6. The van der Waals surface area contributed by atoms with Crippen LogP contribution in [0.5, 0.6) is 0 Å². The first-order chi connectivity index (χ1) is 9.07. The van der Waals surface area contributed by atoms with Gasteiger partial charge in [-0.15, -0.1) is 0 Å². The van der Waals surface area contributed by atoms with Crippen LogP contribution < -0.4 is 0 Å². The highest BCUT2D eigenvalue weighted by atomic mass is 32.2. The lowest BCUT2D eigenvalue weighted by atomic mass is 9.86. The van der Waals surface area contributed by atoms with Crippen molar-refractivity contribution in [1.82, 2.24) is 0 Å². The molecular formula is C9H13F3O7S. The van der Waals surface area contributed by atoms with Crippen LogP contribution in [-0.2, 0) is 33.3 Å². The molecule has 0 spiro atoms. The molecule has 11 heteroatoms. The van der Waals surface area contributed by atoms with Crippen LogP contribution in [0.4, 0.5) is 13.2 Å². The van der Waals surface area contributed by atoms with E-state index in [0.717, 1.165) is 20.6 Å². The molecule has 0 bridgehead atoms. The highest BCUT2D eigenvalue weighted by Gasteiger charge is 2.55. The molecule has 0 N–H and O–H groups in total. The van der Waals surface area contributed by atoms with Crippen LogP contribution >= 0.6 is 0 Å². The van der Waals surface area contributed by atoms with E-state index in [-0.39, 0.29) is 0 Å². The summed E-state index contributed by atoms with van der Waals surface area (Å²) in [7, 11) is -4.53. The van der Waals surface area contributed by atoms with Gasteiger partial charge in [-0.05, 0) is 12.8 Å². The molecule has 0 saturated heterocycles. The van der Waals surface area contributed by atoms with Gasteiger partial charge in [0.2, 0.25) is 0 Å². The number of halogens is 3. The van der Waals surface area contributed by atoms with Crippen molar-refractivity contribution in [2.75, 3.05) is 14.2 Å². The SMILES string of the molecule is COC(OC)(OC(=O)C1CCC1)OS(=O)(=O)C(F)(F)F. The van der Waals surface area contributed by atoms with Crippen LogP contribution in [0.1, 0.15) is 19.3 Å². The zero-order valence-electron chi connectivity index (χ0n) is 10.6. The van der Waals surface area contributed by atoms with E-state index in [1.165, 1.54) is 0 Å². The molecule has 1 rings (SSSR count). The van der Waals surface area contributed by atoms with Crippen LogP contribution in [-0.4, -0.2) is 40.3 Å². The Morgan fingerprint density at radius 2 is 1.65 bits per heavy atom. The van der Waals surface area contributed by atoms with Gasteiger partial charge in [0.05, 0.1) is 5.92 Å². The predicted molar refractivity (Wildman–Crippen MR) is 56.2 cm³/mol. The molecule has 0 aromatic carbocycles. The van der Waals surface area contributed by atoms with Crippen molar-refractivity contribution in [3.8, 4) is 0 Å². The molecule has 20 heavy (non-hydrogen) atoms. The van der Waals surface area contributed by atoms with Crippen LogP contribution in [0.2, 0.25) is 0 Å². The Hall–Kier alpha value is -0.910. The first kappa shape index (κ1) is 17.1. The van der Waals surface area contributed by atoms with E-state index < -0.39 is 33.7 Å². The number of ether oxygens (including phenoxy) is 3. The third kappa shape index (κ3) is 3.59. The Bertz CT molecular complexity index is 451. The summed E-state index contributed by atoms with van der Waals surface area (Å²) in [6.45, 7) is 0. The summed E-state index contributed by atoms with van der Waals surface area (Å²) in [5, 5.41) is 0. The molecule has 0 aromatic heterocycles. The van der Waals surface area contributed by atoms with Gasteiger partial charge >= 0.3 is 27.8 Å². The van der Waals surface area contributed by atoms with E-state index in [1.807, 2.05) is 0 Å². The van der Waals surface area contributed by atoms with E-state index in [2.05, 4.69) is 18.4 Å². The Morgan fingerprint density at radius 3 is 1.95 bits per heavy atom. The van der Waals surface area contributed by atoms with Crippen LogP contribution in [0, 0.1) is 5.92 Å². The zero-order valence-corrected chi connectivity index (χ0v) is 11.4. The molecule has 1 aliphatic rings. The molecule has 0 aliphatic heterocycles. The van der Waals surface area contributed by atoms with Gasteiger partial charge < -0.3 is 4.74 Å². The van der Waals surface area contributed by atoms with Crippen LogP contribution in [0.3, 0.4) is 0 Å². The number of carbonyl (C=O) groups excluding carboxylic acids is 1. The summed E-state index contributed by atoms with van der Waals surface area (Å²) in [6.07, 6.45) is -1.38. The number of rotatable bonds is 6. The van der Waals surface area contributed by atoms with Crippen molar-refractivity contribution in [3.63, 3.8) is 0 Å². The summed E-state index contributed by atoms with van der Waals surface area (Å²) in [4.78, 5) is 11.6. The van der Waals surface area contributed by atoms with Gasteiger partial charge in [-0.3, -0.25) is 14.3 Å². The number of esters is 1. The van der Waals surface area contributed by atoms with Crippen molar-refractivity contribution in [2.24, 2.45) is 5.92 Å². The lowest BCUT2D eigenvalue weighted by Crippen LogP contribution is -2.47. The van der Waals surface area contributed by atoms with Crippen LogP contribution in [0.15, 0.2) is 0 Å². The fraction of sp³-hybridized carbons (Fsp3) is 0.889. The molecule has 1 aliphatic carbocycles. The number of carbonyl (C=O) groups is 1. The van der Waals surface area contributed by atoms with Gasteiger partial charge in [-0.1, -0.05) is 6.42 Å². The van der Waals surface area contributed by atoms with Crippen LogP contribution in [0.25, 0.3) is 0 Å². The maximum Gasteiger partial charge on any atom is 0.523 e. The molecule has 0 atom stereocenters. The van der Waals surface area contributed by atoms with E-state index in [1.54, 1.807) is 0 Å². The number of methoxy groups -OCH3 is 2. The third-order valence-corrected chi connectivity index (χ3v) is 3.65. The monoisotopic (exact) mass is 322 g/mol. The first-order valence-electron chi connectivity index (χ1n) is 5.42. The highest BCUT2D eigenvalue weighted by Crippen LogP contribution is 2.33. The third-order valence-electron chi connectivity index (χ3n) is 2.66. The number of hydrogen-bond donors (Lipinski definition) is 0. The molecule has 1 fully saturated rings. The fourth-order valence-corrected chi connectivity index (χ4v) is 1.82. The highest BCUT2D eigenvalue weighted by molar-refractivity contribution is 7.87. The van der Waals surface area contributed by atoms with Gasteiger partial charge in [0.25, 0.3) is 0 Å². The van der Waals surface area contributed by atoms with E-state index in [9.17, 15) is 26.4 Å². The Balaban J connectivity index is 2.88. The second-order valence-electron chi connectivity index (χ2n) is 3.94. The largest absolute Gasteiger partial charge is 0.523 e. The molecule has 0 amide bonds. The summed E-state index contributed by atoms with van der Waals surface area (Å²) in [5.74, 6) is -1.51. The van der Waals surface area contributed by atoms with E-state index in [4.69, 9.17) is 0 Å². The van der Waals surface area contributed by atoms with Gasteiger partial charge in [-0.25, -0.2) is 0 Å². The predicted octanol–water partition coefficient (Wildman–Crippen LogP) is 1.10. The average molecular weight is 322 g/mol. The second kappa shape index (κ2) is 5.84. The molecule has 118 valence electrons. The normalized spacial score (nSPS) is 17.6. The molecule has 7 nitrogen and oxygen atoms in total. The van der Waals surface area contributed by atoms with Crippen molar-refractivity contribution >= 4 is 16.1 Å². The molecule has 0 radical (unpaired) electrons. The maximum absolute atomic E-state index is 12.2. The smallest absolute Gasteiger partial charge is 0.383 e. The minimum atomic E-state index is -6.07. The van der Waals surface area contributed by atoms with Gasteiger partial charge in [0.1, 0.15) is 0 Å². The van der Waals surface area contributed by atoms with Crippen molar-refractivity contribution in [1.29, 1.82) is 0 Å².